The summed E-state index contributed by atoms with van der Waals surface area (Å²) in [7, 11) is 0. The van der Waals surface area contributed by atoms with Gasteiger partial charge in [0.05, 0.1) is 0 Å². The van der Waals surface area contributed by atoms with Gasteiger partial charge in [-0.3, -0.25) is 4.79 Å². The Hall–Kier alpha value is -1.03. The van der Waals surface area contributed by atoms with Crippen LogP contribution < -0.4 is 11.1 Å². The lowest BCUT2D eigenvalue weighted by molar-refractivity contribution is -0.118. The molecule has 3 nitrogen and oxygen atoms in total. The lowest BCUT2D eigenvalue weighted by Gasteiger charge is -2.14. The van der Waals surface area contributed by atoms with E-state index in [1.165, 1.54) is 0 Å². The molecule has 3 N–H and O–H groups in total. The molecule has 0 aliphatic rings. The van der Waals surface area contributed by atoms with E-state index in [0.29, 0.717) is 6.42 Å². The molecule has 1 amide bonds. The van der Waals surface area contributed by atoms with Crippen LogP contribution in [0.2, 0.25) is 0 Å². The van der Waals surface area contributed by atoms with Gasteiger partial charge in [-0.2, -0.15) is 0 Å². The summed E-state index contributed by atoms with van der Waals surface area (Å²) >= 11 is 3.34. The average molecular weight is 257 g/mol. The van der Waals surface area contributed by atoms with Crippen molar-refractivity contribution in [3.8, 4) is 0 Å². The lowest BCUT2D eigenvalue weighted by Crippen LogP contribution is -2.34. The smallest absolute Gasteiger partial charge is 0.239 e. The average Bonchev–Trinajstić information content (AvgIpc) is 2.16. The molecule has 76 valence electrons. The van der Waals surface area contributed by atoms with Gasteiger partial charge in [0.25, 0.3) is 0 Å². The van der Waals surface area contributed by atoms with Crippen molar-refractivity contribution in [3.05, 3.63) is 28.7 Å². The van der Waals surface area contributed by atoms with Gasteiger partial charge in [-0.1, -0.05) is 22.9 Å². The zero-order valence-electron chi connectivity index (χ0n) is 7.96. The number of carbonyl (C=O) groups excluding carboxylic acids is 1. The molecule has 0 saturated heterocycles. The molecule has 0 fully saturated rings. The molecule has 0 aliphatic carbocycles. The summed E-state index contributed by atoms with van der Waals surface area (Å²) < 4.78 is 1.01. The first-order valence-corrected chi connectivity index (χ1v) is 5.24. The van der Waals surface area contributed by atoms with Crippen LogP contribution in [0.25, 0.3) is 0 Å². The van der Waals surface area contributed by atoms with Crippen LogP contribution in [0.5, 0.6) is 0 Å². The monoisotopic (exact) mass is 256 g/mol. The van der Waals surface area contributed by atoms with Crippen molar-refractivity contribution in [2.75, 3.05) is 5.32 Å². The van der Waals surface area contributed by atoms with Crippen LogP contribution in [-0.2, 0) is 4.79 Å². The normalized spacial score (nSPS) is 12.1. The quantitative estimate of drug-likeness (QED) is 0.868. The summed E-state index contributed by atoms with van der Waals surface area (Å²) in [6.07, 6.45) is 0.686. The Morgan fingerprint density at radius 2 is 2.07 bits per heavy atom. The Labute approximate surface area is 91.8 Å². The van der Waals surface area contributed by atoms with Gasteiger partial charge >= 0.3 is 0 Å². The first kappa shape index (κ1) is 11.0. The number of hydrogen-bond acceptors (Lipinski definition) is 2. The maximum Gasteiger partial charge on any atom is 0.239 e. The van der Waals surface area contributed by atoms with Crippen LogP contribution in [0.1, 0.15) is 13.3 Å². The molecule has 0 heterocycles. The second-order valence-corrected chi connectivity index (χ2v) is 3.93. The van der Waals surface area contributed by atoms with Gasteiger partial charge < -0.3 is 11.1 Å². The molecule has 1 unspecified atom stereocenters. The number of rotatable bonds is 4. The molecule has 0 spiro atoms. The first-order valence-electron chi connectivity index (χ1n) is 4.45. The molecule has 0 aliphatic heterocycles. The molecule has 1 rings (SSSR count). The van der Waals surface area contributed by atoms with Crippen molar-refractivity contribution in [2.24, 2.45) is 5.73 Å². The third kappa shape index (κ3) is 3.03. The summed E-state index contributed by atoms with van der Waals surface area (Å²) in [4.78, 5) is 11.0. The molecule has 1 atom stereocenters. The standard InChI is InChI=1S/C10H13BrN2O/c1-2-9(10(12)14)13-8-5-3-7(11)4-6-8/h3-6,9,13H,2H2,1H3,(H2,12,14). The number of nitrogens with one attached hydrogen (secondary N) is 1. The minimum atomic E-state index is -0.324. The molecule has 0 bridgehead atoms. The Kier molecular flexibility index (Phi) is 3.95. The van der Waals surface area contributed by atoms with Crippen LogP contribution in [0, 0.1) is 0 Å². The molecule has 4 heteroatoms. The highest BCUT2D eigenvalue weighted by Crippen LogP contribution is 2.15. The van der Waals surface area contributed by atoms with Crippen LogP contribution >= 0.6 is 15.9 Å². The zero-order valence-corrected chi connectivity index (χ0v) is 9.54. The fourth-order valence-electron chi connectivity index (χ4n) is 1.12. The Morgan fingerprint density at radius 3 is 2.50 bits per heavy atom. The highest BCUT2D eigenvalue weighted by atomic mass is 79.9. The summed E-state index contributed by atoms with van der Waals surface area (Å²) in [6.45, 7) is 1.92. The number of carbonyl (C=O) groups is 1. The number of anilines is 1. The fraction of sp³-hybridized carbons (Fsp3) is 0.300. The van der Waals surface area contributed by atoms with Crippen molar-refractivity contribution < 1.29 is 4.79 Å². The topological polar surface area (TPSA) is 55.1 Å². The Balaban J connectivity index is 2.67. The Morgan fingerprint density at radius 1 is 1.50 bits per heavy atom. The number of amides is 1. The maximum absolute atomic E-state index is 11.0. The van der Waals surface area contributed by atoms with Gasteiger partial charge in [-0.25, -0.2) is 0 Å². The fourth-order valence-corrected chi connectivity index (χ4v) is 1.39. The second-order valence-electron chi connectivity index (χ2n) is 3.01. The predicted octanol–water partition coefficient (Wildman–Crippen LogP) is 2.12. The van der Waals surface area contributed by atoms with Crippen molar-refractivity contribution in [1.29, 1.82) is 0 Å². The summed E-state index contributed by atoms with van der Waals surface area (Å²) in [5.74, 6) is -0.324. The van der Waals surface area contributed by atoms with Gasteiger partial charge in [0.2, 0.25) is 5.91 Å². The van der Waals surface area contributed by atoms with E-state index in [1.54, 1.807) is 0 Å². The van der Waals surface area contributed by atoms with E-state index in [0.717, 1.165) is 10.2 Å². The Bertz CT molecular complexity index is 310. The number of hydrogen-bond donors (Lipinski definition) is 2. The lowest BCUT2D eigenvalue weighted by atomic mass is 10.2. The molecule has 1 aromatic rings. The van der Waals surface area contributed by atoms with Gasteiger partial charge in [0.1, 0.15) is 6.04 Å². The third-order valence-electron chi connectivity index (χ3n) is 1.94. The highest BCUT2D eigenvalue weighted by Gasteiger charge is 2.11. The largest absolute Gasteiger partial charge is 0.374 e. The third-order valence-corrected chi connectivity index (χ3v) is 2.47. The number of nitrogens with two attached hydrogens (primary N) is 1. The summed E-state index contributed by atoms with van der Waals surface area (Å²) in [6, 6.07) is 7.33. The first-order chi connectivity index (χ1) is 6.63. The van der Waals surface area contributed by atoms with Crippen molar-refractivity contribution in [2.45, 2.75) is 19.4 Å². The van der Waals surface area contributed by atoms with E-state index in [1.807, 2.05) is 31.2 Å². The van der Waals surface area contributed by atoms with E-state index in [9.17, 15) is 4.79 Å². The van der Waals surface area contributed by atoms with E-state index in [-0.39, 0.29) is 11.9 Å². The minimum absolute atomic E-state index is 0.295. The summed E-state index contributed by atoms with van der Waals surface area (Å²) in [5.41, 5.74) is 6.12. The van der Waals surface area contributed by atoms with Gasteiger partial charge in [0.15, 0.2) is 0 Å². The van der Waals surface area contributed by atoms with Gasteiger partial charge in [-0.05, 0) is 30.7 Å². The van der Waals surface area contributed by atoms with Crippen LogP contribution in [0.15, 0.2) is 28.7 Å². The van der Waals surface area contributed by atoms with Gasteiger partial charge in [-0.15, -0.1) is 0 Å². The molecule has 0 radical (unpaired) electrons. The number of primary amides is 1. The van der Waals surface area contributed by atoms with Crippen LogP contribution in [0.4, 0.5) is 5.69 Å². The second kappa shape index (κ2) is 5.00. The van der Waals surface area contributed by atoms with E-state index in [2.05, 4.69) is 21.2 Å². The molecule has 14 heavy (non-hydrogen) atoms. The van der Waals surface area contributed by atoms with E-state index < -0.39 is 0 Å². The highest BCUT2D eigenvalue weighted by molar-refractivity contribution is 9.10. The molecule has 0 aromatic heterocycles. The van der Waals surface area contributed by atoms with Gasteiger partial charge in [0, 0.05) is 10.2 Å². The predicted molar refractivity (Wildman–Crippen MR) is 61.0 cm³/mol. The zero-order chi connectivity index (χ0) is 10.6. The molecule has 1 aromatic carbocycles. The summed E-state index contributed by atoms with van der Waals surface area (Å²) in [5, 5.41) is 3.06. The molecule has 0 saturated carbocycles. The van der Waals surface area contributed by atoms with E-state index in [4.69, 9.17) is 5.73 Å². The number of benzene rings is 1. The number of halogens is 1. The molecular weight excluding hydrogens is 244 g/mol. The molecular formula is C10H13BrN2O. The SMILES string of the molecule is CCC(Nc1ccc(Br)cc1)C(N)=O. The minimum Gasteiger partial charge on any atom is -0.374 e. The van der Waals surface area contributed by atoms with Crippen molar-refractivity contribution >= 4 is 27.5 Å². The van der Waals surface area contributed by atoms with Crippen LogP contribution in [-0.4, -0.2) is 11.9 Å². The van der Waals surface area contributed by atoms with E-state index >= 15 is 0 Å². The maximum atomic E-state index is 11.0. The van der Waals surface area contributed by atoms with Crippen molar-refractivity contribution in [3.63, 3.8) is 0 Å². The van der Waals surface area contributed by atoms with Crippen molar-refractivity contribution in [1.82, 2.24) is 0 Å². The van der Waals surface area contributed by atoms with Crippen LogP contribution in [0.3, 0.4) is 0 Å².